The van der Waals surface area contributed by atoms with Crippen molar-refractivity contribution >= 4 is 5.82 Å². The number of hydrogen-bond donors (Lipinski definition) is 2. The molecule has 1 atom stereocenters. The number of anilines is 1. The van der Waals surface area contributed by atoms with Crippen LogP contribution in [0.4, 0.5) is 19.0 Å². The summed E-state index contributed by atoms with van der Waals surface area (Å²) in [6.45, 7) is 3.82. The molecule has 0 spiro atoms. The zero-order valence-electron chi connectivity index (χ0n) is 7.94. The Morgan fingerprint density at radius 2 is 2.21 bits per heavy atom. The minimum absolute atomic E-state index is 0.111. The molecule has 0 aliphatic carbocycles. The number of aromatic nitrogens is 2. The fourth-order valence-electron chi connectivity index (χ4n) is 0.895. The van der Waals surface area contributed by atoms with Gasteiger partial charge in [-0.25, -0.2) is 0 Å². The minimum atomic E-state index is -4.36. The summed E-state index contributed by atoms with van der Waals surface area (Å²) in [7, 11) is 0. The first-order chi connectivity index (χ1) is 6.43. The lowest BCUT2D eigenvalue weighted by Gasteiger charge is -2.08. The fourth-order valence-corrected chi connectivity index (χ4v) is 0.895. The van der Waals surface area contributed by atoms with E-state index in [1.807, 2.05) is 18.9 Å². The highest BCUT2D eigenvalue weighted by molar-refractivity contribution is 5.36. The first-order valence-electron chi connectivity index (χ1n) is 4.32. The molecule has 1 aromatic heterocycles. The van der Waals surface area contributed by atoms with E-state index in [2.05, 4.69) is 10.4 Å². The second kappa shape index (κ2) is 3.89. The second-order valence-electron chi connectivity index (χ2n) is 3.12. The number of nitrogens with zero attached hydrogens (tertiary/aromatic N) is 1. The van der Waals surface area contributed by atoms with Crippen molar-refractivity contribution in [3.8, 4) is 0 Å². The molecule has 1 rings (SSSR count). The van der Waals surface area contributed by atoms with Crippen molar-refractivity contribution in [3.05, 3.63) is 11.8 Å². The number of rotatable bonds is 3. The Kier molecular flexibility index (Phi) is 3.03. The third-order valence-corrected chi connectivity index (χ3v) is 1.89. The van der Waals surface area contributed by atoms with Crippen molar-refractivity contribution < 1.29 is 13.2 Å². The summed E-state index contributed by atoms with van der Waals surface area (Å²) < 4.78 is 36.4. The van der Waals surface area contributed by atoms with Gasteiger partial charge >= 0.3 is 6.18 Å². The predicted molar refractivity (Wildman–Crippen MR) is 47.0 cm³/mol. The van der Waals surface area contributed by atoms with Gasteiger partial charge in [-0.1, -0.05) is 6.92 Å². The summed E-state index contributed by atoms with van der Waals surface area (Å²) in [5.74, 6) is 0.228. The van der Waals surface area contributed by atoms with Gasteiger partial charge in [-0.3, -0.25) is 5.10 Å². The maximum atomic E-state index is 12.1. The quantitative estimate of drug-likeness (QED) is 0.799. The average molecular weight is 207 g/mol. The van der Waals surface area contributed by atoms with Gasteiger partial charge < -0.3 is 5.32 Å². The zero-order valence-corrected chi connectivity index (χ0v) is 7.94. The lowest BCUT2D eigenvalue weighted by Crippen LogP contribution is -2.13. The van der Waals surface area contributed by atoms with E-state index in [1.165, 1.54) is 0 Å². The van der Waals surface area contributed by atoms with Gasteiger partial charge in [0.05, 0.1) is 0 Å². The molecule has 0 fully saturated rings. The van der Waals surface area contributed by atoms with Gasteiger partial charge in [0.1, 0.15) is 11.5 Å². The van der Waals surface area contributed by atoms with Gasteiger partial charge in [0.25, 0.3) is 0 Å². The van der Waals surface area contributed by atoms with Crippen molar-refractivity contribution in [2.45, 2.75) is 32.5 Å². The Morgan fingerprint density at radius 1 is 1.57 bits per heavy atom. The van der Waals surface area contributed by atoms with Crippen molar-refractivity contribution in [1.82, 2.24) is 10.2 Å². The molecule has 2 N–H and O–H groups in total. The SMILES string of the molecule is CCC(C)Nc1cc(C(F)(F)F)[nH]n1. The van der Waals surface area contributed by atoms with E-state index in [0.717, 1.165) is 12.5 Å². The van der Waals surface area contributed by atoms with Gasteiger partial charge in [-0.15, -0.1) is 0 Å². The van der Waals surface area contributed by atoms with Gasteiger partial charge in [0.2, 0.25) is 0 Å². The number of H-pyrrole nitrogens is 1. The number of hydrogen-bond acceptors (Lipinski definition) is 2. The second-order valence-corrected chi connectivity index (χ2v) is 3.12. The molecule has 0 bridgehead atoms. The fraction of sp³-hybridized carbons (Fsp3) is 0.625. The molecule has 3 nitrogen and oxygen atoms in total. The highest BCUT2D eigenvalue weighted by atomic mass is 19.4. The standard InChI is InChI=1S/C8H12F3N3/c1-3-5(2)12-7-4-6(13-14-7)8(9,10)11/h4-5H,3H2,1-2H3,(H2,12,13,14). The van der Waals surface area contributed by atoms with E-state index in [4.69, 9.17) is 0 Å². The van der Waals surface area contributed by atoms with Crippen LogP contribution in [0.2, 0.25) is 0 Å². The molecule has 14 heavy (non-hydrogen) atoms. The molecular formula is C8H12F3N3. The zero-order chi connectivity index (χ0) is 10.8. The third kappa shape index (κ3) is 2.65. The van der Waals surface area contributed by atoms with Crippen LogP contribution in [0, 0.1) is 0 Å². The molecule has 0 saturated carbocycles. The van der Waals surface area contributed by atoms with Crippen LogP contribution in [0.5, 0.6) is 0 Å². The molecule has 0 radical (unpaired) electrons. The van der Waals surface area contributed by atoms with Crippen LogP contribution in [0.3, 0.4) is 0 Å². The Hall–Kier alpha value is -1.20. The maximum Gasteiger partial charge on any atom is 0.432 e. The molecule has 6 heteroatoms. The largest absolute Gasteiger partial charge is 0.432 e. The Morgan fingerprint density at radius 3 is 2.64 bits per heavy atom. The van der Waals surface area contributed by atoms with E-state index in [0.29, 0.717) is 0 Å². The number of nitrogens with one attached hydrogen (secondary N) is 2. The van der Waals surface area contributed by atoms with Crippen molar-refractivity contribution in [3.63, 3.8) is 0 Å². The molecule has 80 valence electrons. The first kappa shape index (κ1) is 10.9. The van der Waals surface area contributed by atoms with E-state index < -0.39 is 11.9 Å². The lowest BCUT2D eigenvalue weighted by atomic mass is 10.2. The molecule has 1 heterocycles. The number of alkyl halides is 3. The number of aromatic amines is 1. The predicted octanol–water partition coefficient (Wildman–Crippen LogP) is 2.64. The van der Waals surface area contributed by atoms with Crippen LogP contribution in [-0.2, 0) is 6.18 Å². The monoisotopic (exact) mass is 207 g/mol. The maximum absolute atomic E-state index is 12.1. The van der Waals surface area contributed by atoms with Crippen LogP contribution in [0.15, 0.2) is 6.07 Å². The summed E-state index contributed by atoms with van der Waals surface area (Å²) in [4.78, 5) is 0. The Bertz CT molecular complexity index is 292. The van der Waals surface area contributed by atoms with Crippen LogP contribution in [0.25, 0.3) is 0 Å². The van der Waals surface area contributed by atoms with E-state index in [-0.39, 0.29) is 11.9 Å². The van der Waals surface area contributed by atoms with Crippen LogP contribution >= 0.6 is 0 Å². The first-order valence-corrected chi connectivity index (χ1v) is 4.32. The average Bonchev–Trinajstić information content (AvgIpc) is 2.51. The molecule has 0 amide bonds. The van der Waals surface area contributed by atoms with Crippen molar-refractivity contribution in [1.29, 1.82) is 0 Å². The van der Waals surface area contributed by atoms with Gasteiger partial charge in [-0.2, -0.15) is 18.3 Å². The molecule has 1 unspecified atom stereocenters. The summed E-state index contributed by atoms with van der Waals surface area (Å²) in [5, 5.41) is 8.29. The van der Waals surface area contributed by atoms with Crippen molar-refractivity contribution in [2.75, 3.05) is 5.32 Å². The number of halogens is 3. The van der Waals surface area contributed by atoms with Crippen LogP contribution in [-0.4, -0.2) is 16.2 Å². The van der Waals surface area contributed by atoms with Crippen LogP contribution < -0.4 is 5.32 Å². The molecular weight excluding hydrogens is 195 g/mol. The molecule has 0 aliphatic heterocycles. The van der Waals surface area contributed by atoms with Gasteiger partial charge in [0, 0.05) is 12.1 Å². The third-order valence-electron chi connectivity index (χ3n) is 1.89. The molecule has 0 saturated heterocycles. The molecule has 0 aliphatic rings. The van der Waals surface area contributed by atoms with Crippen LogP contribution in [0.1, 0.15) is 26.0 Å². The van der Waals surface area contributed by atoms with E-state index in [9.17, 15) is 13.2 Å². The highest BCUT2D eigenvalue weighted by Gasteiger charge is 2.33. The summed E-state index contributed by atoms with van der Waals surface area (Å²) in [5.41, 5.74) is -0.830. The van der Waals surface area contributed by atoms with E-state index in [1.54, 1.807) is 0 Å². The Balaban J connectivity index is 2.69. The van der Waals surface area contributed by atoms with Crippen molar-refractivity contribution in [2.24, 2.45) is 0 Å². The Labute approximate surface area is 79.7 Å². The highest BCUT2D eigenvalue weighted by Crippen LogP contribution is 2.28. The lowest BCUT2D eigenvalue weighted by molar-refractivity contribution is -0.141. The van der Waals surface area contributed by atoms with Gasteiger partial charge in [0.15, 0.2) is 0 Å². The minimum Gasteiger partial charge on any atom is -0.366 e. The topological polar surface area (TPSA) is 40.7 Å². The summed E-state index contributed by atoms with van der Waals surface area (Å²) in [6.07, 6.45) is -3.53. The normalized spacial score (nSPS) is 14.1. The summed E-state index contributed by atoms with van der Waals surface area (Å²) in [6, 6.07) is 1.07. The van der Waals surface area contributed by atoms with E-state index >= 15 is 0 Å². The molecule has 0 aromatic carbocycles. The summed E-state index contributed by atoms with van der Waals surface area (Å²) >= 11 is 0. The smallest absolute Gasteiger partial charge is 0.366 e. The van der Waals surface area contributed by atoms with Gasteiger partial charge in [-0.05, 0) is 13.3 Å². The molecule has 1 aromatic rings.